The fourth-order valence-corrected chi connectivity index (χ4v) is 4.31. The molecule has 0 aliphatic carbocycles. The third kappa shape index (κ3) is 5.30. The van der Waals surface area contributed by atoms with Crippen molar-refractivity contribution in [3.63, 3.8) is 0 Å². The Labute approximate surface area is 208 Å². The van der Waals surface area contributed by atoms with Crippen molar-refractivity contribution in [1.82, 2.24) is 15.0 Å². The molecule has 1 fully saturated rings. The van der Waals surface area contributed by atoms with Crippen LogP contribution in [0.2, 0.25) is 0 Å². The van der Waals surface area contributed by atoms with E-state index in [0.717, 1.165) is 48.6 Å². The van der Waals surface area contributed by atoms with Gasteiger partial charge in [0, 0.05) is 36.6 Å². The number of hydrogen-bond donors (Lipinski definition) is 0. The Hall–Kier alpha value is -4.01. The summed E-state index contributed by atoms with van der Waals surface area (Å²) < 4.78 is 27.2. The highest BCUT2D eigenvalue weighted by molar-refractivity contribution is 5.85. The minimum atomic E-state index is -0.460. The van der Waals surface area contributed by atoms with Crippen LogP contribution in [0.1, 0.15) is 30.9 Å². The molecule has 3 heterocycles. The molecule has 186 valence electrons. The summed E-state index contributed by atoms with van der Waals surface area (Å²) in [5.74, 6) is 1.17. The van der Waals surface area contributed by atoms with Crippen LogP contribution >= 0.6 is 0 Å². The van der Waals surface area contributed by atoms with Crippen LogP contribution in [0.15, 0.2) is 53.2 Å². The Balaban J connectivity index is 1.19. The van der Waals surface area contributed by atoms with E-state index in [-0.39, 0.29) is 5.75 Å². The Morgan fingerprint density at radius 1 is 1.17 bits per heavy atom. The molecule has 1 aliphatic rings. The second kappa shape index (κ2) is 10.3. The number of aryl methyl sites for hydroxylation is 1. The molecule has 0 spiro atoms. The van der Waals surface area contributed by atoms with Crippen molar-refractivity contribution in [1.29, 1.82) is 0 Å². The number of ether oxygens (including phenoxy) is 1. The molecule has 1 aliphatic heterocycles. The van der Waals surface area contributed by atoms with Gasteiger partial charge in [-0.15, -0.1) is 0 Å². The zero-order valence-electron chi connectivity index (χ0n) is 20.4. The number of oxazole rings is 1. The van der Waals surface area contributed by atoms with Crippen molar-refractivity contribution >= 4 is 23.3 Å². The van der Waals surface area contributed by atoms with E-state index in [1.165, 1.54) is 19.3 Å². The van der Waals surface area contributed by atoms with Gasteiger partial charge in [0.25, 0.3) is 0 Å². The van der Waals surface area contributed by atoms with E-state index < -0.39 is 5.82 Å². The maximum absolute atomic E-state index is 14.8. The summed E-state index contributed by atoms with van der Waals surface area (Å²) in [4.78, 5) is 15.6. The number of fused-ring (bicyclic) bond motifs is 1. The molecule has 36 heavy (non-hydrogen) atoms. The summed E-state index contributed by atoms with van der Waals surface area (Å²) in [6, 6.07) is 9.99. The number of anilines is 1. The molecule has 4 aromatic rings. The zero-order valence-corrected chi connectivity index (χ0v) is 20.4. The summed E-state index contributed by atoms with van der Waals surface area (Å²) in [5, 5.41) is 11.2. The lowest BCUT2D eigenvalue weighted by Gasteiger charge is -2.31. The summed E-state index contributed by atoms with van der Waals surface area (Å²) in [5.41, 5.74) is 3.52. The van der Waals surface area contributed by atoms with Crippen molar-refractivity contribution in [2.75, 3.05) is 31.6 Å². The summed E-state index contributed by atoms with van der Waals surface area (Å²) >= 11 is 0. The van der Waals surface area contributed by atoms with Crippen molar-refractivity contribution in [2.24, 2.45) is 5.92 Å². The maximum Gasteiger partial charge on any atom is 0.227 e. The minimum Gasteiger partial charge on any atom is -0.624 e. The molecule has 0 atom stereocenters. The van der Waals surface area contributed by atoms with E-state index in [1.807, 2.05) is 12.4 Å². The molecule has 9 heteroatoms. The van der Waals surface area contributed by atoms with E-state index >= 15 is 0 Å². The number of rotatable bonds is 7. The van der Waals surface area contributed by atoms with Crippen molar-refractivity contribution < 1.29 is 18.3 Å². The first-order valence-corrected chi connectivity index (χ1v) is 12.1. The second-order valence-corrected chi connectivity index (χ2v) is 9.05. The van der Waals surface area contributed by atoms with E-state index in [0.29, 0.717) is 40.6 Å². The second-order valence-electron chi connectivity index (χ2n) is 9.05. The normalized spacial score (nSPS) is 15.0. The summed E-state index contributed by atoms with van der Waals surface area (Å²) in [6.07, 6.45) is 8.00. The molecule has 0 amide bonds. The third-order valence-corrected chi connectivity index (χ3v) is 6.39. The molecule has 1 saturated heterocycles. The number of hydrogen-bond acceptors (Lipinski definition) is 7. The van der Waals surface area contributed by atoms with Crippen LogP contribution < -0.4 is 9.64 Å². The highest BCUT2D eigenvalue weighted by Crippen LogP contribution is 2.29. The van der Waals surface area contributed by atoms with Crippen molar-refractivity contribution in [3.8, 4) is 17.2 Å². The number of nitrogens with zero attached hydrogens (tertiary/aromatic N) is 5. The molecule has 0 unspecified atom stereocenters. The predicted octanol–water partition coefficient (Wildman–Crippen LogP) is 4.84. The van der Waals surface area contributed by atoms with Gasteiger partial charge in [-0.25, -0.2) is 24.1 Å². The quantitative estimate of drug-likeness (QED) is 0.159. The summed E-state index contributed by atoms with van der Waals surface area (Å²) in [6.45, 7) is 4.24. The monoisotopic (exact) mass is 489 g/mol. The Kier molecular flexibility index (Phi) is 6.79. The van der Waals surface area contributed by atoms with Crippen LogP contribution in [0.4, 0.5) is 10.3 Å². The van der Waals surface area contributed by atoms with Gasteiger partial charge >= 0.3 is 0 Å². The summed E-state index contributed by atoms with van der Waals surface area (Å²) in [7, 11) is 1.41. The Morgan fingerprint density at radius 3 is 2.64 bits per heavy atom. The lowest BCUT2D eigenvalue weighted by atomic mass is 9.98. The number of hydroxylamine groups is 1. The molecule has 0 saturated carbocycles. The highest BCUT2D eigenvalue weighted by Gasteiger charge is 2.22. The van der Waals surface area contributed by atoms with Crippen molar-refractivity contribution in [2.45, 2.75) is 26.2 Å². The number of benzene rings is 2. The molecule has 5 rings (SSSR count). The van der Waals surface area contributed by atoms with E-state index in [2.05, 4.69) is 26.8 Å². The first kappa shape index (κ1) is 23.7. The molecule has 0 radical (unpaired) electrons. The van der Waals surface area contributed by atoms with Crippen molar-refractivity contribution in [3.05, 3.63) is 70.9 Å². The van der Waals surface area contributed by atoms with Crippen LogP contribution in [-0.4, -0.2) is 52.6 Å². The molecule has 2 aromatic heterocycles. The van der Waals surface area contributed by atoms with Crippen LogP contribution in [0.25, 0.3) is 22.6 Å². The van der Waals surface area contributed by atoms with Crippen LogP contribution in [0.3, 0.4) is 0 Å². The third-order valence-electron chi connectivity index (χ3n) is 6.39. The highest BCUT2D eigenvalue weighted by atomic mass is 19.1. The molecular weight excluding hydrogens is 461 g/mol. The van der Waals surface area contributed by atoms with E-state index in [1.54, 1.807) is 30.3 Å². The number of halogens is 1. The predicted molar refractivity (Wildman–Crippen MR) is 136 cm³/mol. The SMILES string of the molecule is CCc1cnc(N2CCC(COc3ccc(-c4nc5cc(/C=[N+](/C)[O-])ccc5o4)cc3F)CC2)nc1. The van der Waals surface area contributed by atoms with Crippen LogP contribution in [-0.2, 0) is 6.42 Å². The first-order chi connectivity index (χ1) is 17.5. The van der Waals surface area contributed by atoms with Gasteiger partial charge < -0.3 is 19.3 Å². The molecule has 8 nitrogen and oxygen atoms in total. The molecule has 0 N–H and O–H groups in total. The Morgan fingerprint density at radius 2 is 1.94 bits per heavy atom. The average molecular weight is 490 g/mol. The van der Waals surface area contributed by atoms with E-state index in [4.69, 9.17) is 9.15 Å². The van der Waals surface area contributed by atoms with Gasteiger partial charge in [0.2, 0.25) is 11.8 Å². The largest absolute Gasteiger partial charge is 0.624 e. The average Bonchev–Trinajstić information content (AvgIpc) is 3.31. The topological polar surface area (TPSA) is 90.3 Å². The van der Waals surface area contributed by atoms with Gasteiger partial charge in [0.15, 0.2) is 23.4 Å². The number of piperidine rings is 1. The number of aromatic nitrogens is 3. The standard InChI is InChI=1S/C27H28FN5O3/c1-3-18-14-29-27(30-15-18)33-10-8-19(9-11-33)17-35-24-7-5-21(13-22(24)28)26-31-23-12-20(16-32(2)34)4-6-25(23)36-26/h4-7,12-16,19H,3,8-11,17H2,1-2H3/b32-16-. The van der Waals surface area contributed by atoms with Gasteiger partial charge in [0.05, 0.1) is 6.61 Å². The zero-order chi connectivity index (χ0) is 25.1. The maximum atomic E-state index is 14.8. The fraction of sp³-hybridized carbons (Fsp3) is 0.333. The van der Waals surface area contributed by atoms with Gasteiger partial charge in [-0.1, -0.05) is 6.92 Å². The fourth-order valence-electron chi connectivity index (χ4n) is 4.31. The molecule has 2 aromatic carbocycles. The molecule has 0 bridgehead atoms. The smallest absolute Gasteiger partial charge is 0.227 e. The Bertz CT molecular complexity index is 1370. The first-order valence-electron chi connectivity index (χ1n) is 12.1. The van der Waals surface area contributed by atoms with Gasteiger partial charge in [0.1, 0.15) is 12.6 Å². The van der Waals surface area contributed by atoms with E-state index in [9.17, 15) is 9.60 Å². The van der Waals surface area contributed by atoms with Gasteiger partial charge in [-0.05, 0) is 67.1 Å². The molecular formula is C27H28FN5O3. The minimum absolute atomic E-state index is 0.214. The van der Waals surface area contributed by atoms with Gasteiger partial charge in [-0.2, -0.15) is 0 Å². The lowest BCUT2D eigenvalue weighted by molar-refractivity contribution is -0.416. The lowest BCUT2D eigenvalue weighted by Crippen LogP contribution is -2.36. The van der Waals surface area contributed by atoms with Crippen LogP contribution in [0.5, 0.6) is 5.75 Å². The van der Waals surface area contributed by atoms with Gasteiger partial charge in [-0.3, -0.25) is 0 Å². The van der Waals surface area contributed by atoms with Crippen LogP contribution in [0, 0.1) is 16.9 Å².